The van der Waals surface area contributed by atoms with Gasteiger partial charge in [0.25, 0.3) is 0 Å². The number of hydrogen-bond acceptors (Lipinski definition) is 1. The van der Waals surface area contributed by atoms with Crippen LogP contribution in [-0.4, -0.2) is 20.7 Å². The second-order valence-electron chi connectivity index (χ2n) is 6.26. The summed E-state index contributed by atoms with van der Waals surface area (Å²) >= 11 is 3.55. The molecule has 132 valence electrons. The molecule has 1 heterocycles. The maximum absolute atomic E-state index is 13.0. The van der Waals surface area contributed by atoms with E-state index in [0.29, 0.717) is 0 Å². The van der Waals surface area contributed by atoms with E-state index in [2.05, 4.69) is 70.5 Å². The normalized spacial score (nSPS) is 14.0. The van der Waals surface area contributed by atoms with Crippen molar-refractivity contribution in [3.8, 4) is 0 Å². The topological polar surface area (TPSA) is 17.1 Å². The van der Waals surface area contributed by atoms with Gasteiger partial charge in [-0.25, -0.2) is 0 Å². The summed E-state index contributed by atoms with van der Waals surface area (Å²) in [5, 5.41) is 0.926. The van der Waals surface area contributed by atoms with Gasteiger partial charge in [0.05, 0.1) is 0 Å². The van der Waals surface area contributed by atoms with Gasteiger partial charge in [-0.15, -0.1) is 0 Å². The van der Waals surface area contributed by atoms with Crippen LogP contribution in [0.2, 0.25) is 5.32 Å². The number of halogens is 1. The number of Topliss-reactive ketones (excluding diaryl/α,β-unsaturated/α-hetero) is 1. The van der Waals surface area contributed by atoms with Crippen molar-refractivity contribution < 1.29 is 4.79 Å². The SMILES string of the molecule is O=C(C1=CC(c2ccccc2)=C(c2ccccc2)C[Se]1)c1ccc(Br)cc1. The zero-order valence-corrected chi connectivity index (χ0v) is 17.9. The molecule has 0 atom stereocenters. The Balaban J connectivity index is 1.80. The average Bonchev–Trinajstić information content (AvgIpc) is 2.74. The Bertz CT molecular complexity index is 1020. The van der Waals surface area contributed by atoms with Crippen LogP contribution in [0.5, 0.6) is 0 Å². The minimum absolute atomic E-state index is 0.119. The van der Waals surface area contributed by atoms with E-state index in [1.807, 2.05) is 36.4 Å². The molecule has 0 spiro atoms. The van der Waals surface area contributed by atoms with Gasteiger partial charge in [-0.2, -0.15) is 0 Å². The molecule has 27 heavy (non-hydrogen) atoms. The summed E-state index contributed by atoms with van der Waals surface area (Å²) in [6.07, 6.45) is 2.12. The third-order valence-electron chi connectivity index (χ3n) is 4.51. The van der Waals surface area contributed by atoms with Gasteiger partial charge in [0.2, 0.25) is 0 Å². The summed E-state index contributed by atoms with van der Waals surface area (Å²) in [6, 6.07) is 28.5. The van der Waals surface area contributed by atoms with Gasteiger partial charge in [0, 0.05) is 0 Å². The Morgan fingerprint density at radius 2 is 1.37 bits per heavy atom. The van der Waals surface area contributed by atoms with Crippen LogP contribution in [0.15, 0.2) is 99.9 Å². The van der Waals surface area contributed by atoms with E-state index < -0.39 is 0 Å². The molecule has 0 fully saturated rings. The Morgan fingerprint density at radius 1 is 0.778 bits per heavy atom. The number of benzene rings is 3. The van der Waals surface area contributed by atoms with Gasteiger partial charge >= 0.3 is 175 Å². The van der Waals surface area contributed by atoms with Crippen molar-refractivity contribution in [3.05, 3.63) is 117 Å². The van der Waals surface area contributed by atoms with Crippen LogP contribution in [0, 0.1) is 0 Å². The molecule has 0 N–H and O–H groups in total. The summed E-state index contributed by atoms with van der Waals surface area (Å²) in [6.45, 7) is 0. The van der Waals surface area contributed by atoms with Crippen LogP contribution >= 0.6 is 15.9 Å². The molecular formula is C24H17BrOSe. The summed E-state index contributed by atoms with van der Waals surface area (Å²) in [4.78, 5) is 13.0. The molecule has 0 saturated carbocycles. The second-order valence-corrected chi connectivity index (χ2v) is 9.31. The monoisotopic (exact) mass is 480 g/mol. The molecule has 0 aliphatic carbocycles. The van der Waals surface area contributed by atoms with Gasteiger partial charge in [-0.3, -0.25) is 0 Å². The number of ketones is 1. The molecule has 0 aromatic heterocycles. The zero-order valence-electron chi connectivity index (χ0n) is 14.6. The zero-order chi connectivity index (χ0) is 18.6. The van der Waals surface area contributed by atoms with E-state index in [0.717, 1.165) is 31.0 Å². The summed E-state index contributed by atoms with van der Waals surface area (Å²) in [5.41, 5.74) is 5.64. The minimum atomic E-state index is 0.119. The first kappa shape index (κ1) is 18.2. The number of hydrogen-bond donors (Lipinski definition) is 0. The fraction of sp³-hybridized carbons (Fsp3) is 0.0417. The summed E-state index contributed by atoms with van der Waals surface area (Å²) in [5.74, 6) is 0.142. The average molecular weight is 480 g/mol. The molecule has 3 aromatic rings. The first-order valence-electron chi connectivity index (χ1n) is 8.71. The molecule has 0 bridgehead atoms. The molecule has 3 heteroatoms. The van der Waals surface area contributed by atoms with Crippen LogP contribution in [0.4, 0.5) is 0 Å². The van der Waals surface area contributed by atoms with Gasteiger partial charge < -0.3 is 0 Å². The standard InChI is InChI=1S/C24H17BrOSe/c25-20-13-11-19(12-14-20)24(26)23-15-21(17-7-3-1-4-8-17)22(16-27-23)18-9-5-2-6-10-18/h1-15H,16H2. The maximum atomic E-state index is 13.0. The number of carbonyl (C=O) groups is 1. The van der Waals surface area contributed by atoms with Crippen molar-refractivity contribution in [2.45, 2.75) is 5.32 Å². The number of carbonyl (C=O) groups excluding carboxylic acids is 1. The van der Waals surface area contributed by atoms with Crippen LogP contribution in [0.1, 0.15) is 21.5 Å². The predicted octanol–water partition coefficient (Wildman–Crippen LogP) is 6.26. The van der Waals surface area contributed by atoms with Crippen molar-refractivity contribution in [2.75, 3.05) is 0 Å². The van der Waals surface area contributed by atoms with E-state index in [1.165, 1.54) is 11.1 Å². The van der Waals surface area contributed by atoms with Crippen molar-refractivity contribution in [2.24, 2.45) is 0 Å². The Kier molecular flexibility index (Phi) is 5.54. The van der Waals surface area contributed by atoms with E-state index in [-0.39, 0.29) is 20.7 Å². The summed E-state index contributed by atoms with van der Waals surface area (Å²) in [7, 11) is 0. The van der Waals surface area contributed by atoms with Crippen LogP contribution in [0.3, 0.4) is 0 Å². The molecule has 1 nitrogen and oxygen atoms in total. The number of allylic oxidation sites excluding steroid dienone is 4. The van der Waals surface area contributed by atoms with Crippen molar-refractivity contribution in [3.63, 3.8) is 0 Å². The molecule has 0 radical (unpaired) electrons. The fourth-order valence-electron chi connectivity index (χ4n) is 3.12. The van der Waals surface area contributed by atoms with Crippen LogP contribution < -0.4 is 0 Å². The molecule has 4 rings (SSSR count). The molecule has 0 saturated heterocycles. The first-order valence-corrected chi connectivity index (χ1v) is 11.6. The molecule has 0 unspecified atom stereocenters. The Labute approximate surface area is 174 Å². The van der Waals surface area contributed by atoms with E-state index >= 15 is 0 Å². The van der Waals surface area contributed by atoms with E-state index in [1.54, 1.807) is 0 Å². The Morgan fingerprint density at radius 3 is 2.00 bits per heavy atom. The number of rotatable bonds is 4. The van der Waals surface area contributed by atoms with Crippen LogP contribution in [-0.2, 0) is 0 Å². The van der Waals surface area contributed by atoms with Crippen molar-refractivity contribution in [1.82, 2.24) is 0 Å². The second kappa shape index (κ2) is 8.22. The van der Waals surface area contributed by atoms with Gasteiger partial charge in [-0.1, -0.05) is 0 Å². The van der Waals surface area contributed by atoms with Gasteiger partial charge in [0.1, 0.15) is 0 Å². The Hall–Kier alpha value is -2.19. The first-order chi connectivity index (χ1) is 13.2. The molecular weight excluding hydrogens is 463 g/mol. The van der Waals surface area contributed by atoms with Crippen LogP contribution in [0.25, 0.3) is 11.1 Å². The molecule has 3 aromatic carbocycles. The third-order valence-corrected chi connectivity index (χ3v) is 7.24. The third kappa shape index (κ3) is 4.06. The molecule has 1 aliphatic rings. The van der Waals surface area contributed by atoms with Crippen molar-refractivity contribution in [1.29, 1.82) is 0 Å². The van der Waals surface area contributed by atoms with E-state index in [9.17, 15) is 4.79 Å². The fourth-order valence-corrected chi connectivity index (χ4v) is 5.63. The predicted molar refractivity (Wildman–Crippen MR) is 117 cm³/mol. The van der Waals surface area contributed by atoms with Gasteiger partial charge in [0.15, 0.2) is 0 Å². The van der Waals surface area contributed by atoms with Crippen molar-refractivity contribution >= 4 is 47.8 Å². The summed E-state index contributed by atoms with van der Waals surface area (Å²) < 4.78 is 1.92. The molecule has 1 aliphatic heterocycles. The van der Waals surface area contributed by atoms with E-state index in [4.69, 9.17) is 0 Å². The molecule has 0 amide bonds. The van der Waals surface area contributed by atoms with Gasteiger partial charge in [-0.05, 0) is 0 Å². The quantitative estimate of drug-likeness (QED) is 0.318.